The molecule has 2 aromatic carbocycles. The molecule has 1 aliphatic rings. The number of aryl methyl sites for hydroxylation is 1. The molecule has 0 N–H and O–H groups in total. The smallest absolute Gasteiger partial charge is 0.165 e. The predicted octanol–water partition coefficient (Wildman–Crippen LogP) is 4.75. The molecule has 3 aromatic heterocycles. The summed E-state index contributed by atoms with van der Waals surface area (Å²) in [6.45, 7) is 6.52. The molecule has 1 saturated heterocycles. The van der Waals surface area contributed by atoms with E-state index in [0.717, 1.165) is 77.6 Å². The first-order valence-corrected chi connectivity index (χ1v) is 11.4. The van der Waals surface area contributed by atoms with Gasteiger partial charge in [0.25, 0.3) is 0 Å². The Morgan fingerprint density at radius 3 is 2.48 bits per heavy atom. The topological polar surface area (TPSA) is 55.5 Å². The van der Waals surface area contributed by atoms with Crippen LogP contribution in [0.2, 0.25) is 0 Å². The minimum atomic E-state index is 0.812. The molecule has 5 aromatic rings. The lowest BCUT2D eigenvalue weighted by atomic mass is 9.97. The van der Waals surface area contributed by atoms with Gasteiger partial charge in [-0.15, -0.1) is 0 Å². The number of pyridine rings is 1. The summed E-state index contributed by atoms with van der Waals surface area (Å²) in [6.07, 6.45) is 1.89. The van der Waals surface area contributed by atoms with Gasteiger partial charge in [-0.05, 0) is 24.1 Å². The molecule has 0 atom stereocenters. The molecule has 0 amide bonds. The Kier molecular flexibility index (Phi) is 5.09. The monoisotopic (exact) mass is 435 g/mol. The standard InChI is InChI=1S/C27H25N5O/c1-19-15-25-28-17-23-16-24(21-5-3-2-4-6-21)26(29-27(23)32(25)30-19)22-9-7-20(8-10-22)18-31-11-13-33-14-12-31/h2-10,15-17H,11-14,18H2,1H3. The summed E-state index contributed by atoms with van der Waals surface area (Å²) < 4.78 is 7.32. The minimum Gasteiger partial charge on any atom is -0.379 e. The van der Waals surface area contributed by atoms with Crippen molar-refractivity contribution in [3.8, 4) is 22.4 Å². The second kappa shape index (κ2) is 8.39. The molecule has 0 aliphatic carbocycles. The van der Waals surface area contributed by atoms with E-state index < -0.39 is 0 Å². The molecule has 0 radical (unpaired) electrons. The summed E-state index contributed by atoms with van der Waals surface area (Å²) in [5.41, 5.74) is 8.13. The quantitative estimate of drug-likeness (QED) is 0.408. The van der Waals surface area contributed by atoms with Gasteiger partial charge in [0.1, 0.15) is 0 Å². The number of hydrogen-bond acceptors (Lipinski definition) is 5. The Hall–Kier alpha value is -3.61. The van der Waals surface area contributed by atoms with Crippen molar-refractivity contribution in [2.24, 2.45) is 0 Å². The average Bonchev–Trinajstić information content (AvgIpc) is 3.26. The van der Waals surface area contributed by atoms with Crippen molar-refractivity contribution in [1.29, 1.82) is 0 Å². The lowest BCUT2D eigenvalue weighted by molar-refractivity contribution is 0.0342. The van der Waals surface area contributed by atoms with Crippen LogP contribution in [-0.2, 0) is 11.3 Å². The Bertz CT molecular complexity index is 1420. The highest BCUT2D eigenvalue weighted by Crippen LogP contribution is 2.33. The van der Waals surface area contributed by atoms with Crippen molar-refractivity contribution in [2.75, 3.05) is 26.3 Å². The zero-order chi connectivity index (χ0) is 22.2. The van der Waals surface area contributed by atoms with Gasteiger partial charge >= 0.3 is 0 Å². The predicted molar refractivity (Wildman–Crippen MR) is 130 cm³/mol. The lowest BCUT2D eigenvalue weighted by Crippen LogP contribution is -2.35. The van der Waals surface area contributed by atoms with Crippen LogP contribution in [0, 0.1) is 6.92 Å². The highest BCUT2D eigenvalue weighted by atomic mass is 16.5. The fraction of sp³-hybridized carbons (Fsp3) is 0.222. The number of morpholine rings is 1. The molecule has 33 heavy (non-hydrogen) atoms. The van der Waals surface area contributed by atoms with Crippen LogP contribution in [0.15, 0.2) is 72.9 Å². The van der Waals surface area contributed by atoms with Crippen molar-refractivity contribution in [3.05, 3.63) is 84.2 Å². The van der Waals surface area contributed by atoms with Crippen molar-refractivity contribution in [1.82, 2.24) is 24.5 Å². The summed E-state index contributed by atoms with van der Waals surface area (Å²) >= 11 is 0. The fourth-order valence-electron chi connectivity index (χ4n) is 4.50. The summed E-state index contributed by atoms with van der Waals surface area (Å²) in [4.78, 5) is 12.2. The normalized spacial score (nSPS) is 14.8. The molecule has 0 saturated carbocycles. The van der Waals surface area contributed by atoms with Gasteiger partial charge in [0.15, 0.2) is 11.3 Å². The zero-order valence-electron chi connectivity index (χ0n) is 18.6. The highest BCUT2D eigenvalue weighted by Gasteiger charge is 2.15. The number of fused-ring (bicyclic) bond motifs is 3. The number of benzene rings is 2. The van der Waals surface area contributed by atoms with E-state index in [1.807, 2.05) is 29.8 Å². The van der Waals surface area contributed by atoms with E-state index in [-0.39, 0.29) is 0 Å². The van der Waals surface area contributed by atoms with Crippen molar-refractivity contribution < 1.29 is 4.74 Å². The van der Waals surface area contributed by atoms with Crippen molar-refractivity contribution in [3.63, 3.8) is 0 Å². The van der Waals surface area contributed by atoms with E-state index in [4.69, 9.17) is 9.72 Å². The van der Waals surface area contributed by atoms with E-state index in [1.165, 1.54) is 5.56 Å². The third-order valence-corrected chi connectivity index (χ3v) is 6.20. The molecule has 0 bridgehead atoms. The van der Waals surface area contributed by atoms with E-state index in [1.54, 1.807) is 0 Å². The number of rotatable bonds is 4. The van der Waals surface area contributed by atoms with Gasteiger partial charge in [0, 0.05) is 48.4 Å². The molecular weight excluding hydrogens is 410 g/mol. The summed E-state index contributed by atoms with van der Waals surface area (Å²) in [5.74, 6) is 0. The van der Waals surface area contributed by atoms with Gasteiger partial charge in [0.2, 0.25) is 0 Å². The van der Waals surface area contributed by atoms with Crippen LogP contribution in [-0.4, -0.2) is 50.8 Å². The molecule has 6 nitrogen and oxygen atoms in total. The zero-order valence-corrected chi connectivity index (χ0v) is 18.6. The fourth-order valence-corrected chi connectivity index (χ4v) is 4.50. The molecule has 0 unspecified atom stereocenters. The van der Waals surface area contributed by atoms with Crippen LogP contribution in [0.4, 0.5) is 0 Å². The molecule has 6 rings (SSSR count). The molecule has 4 heterocycles. The summed E-state index contributed by atoms with van der Waals surface area (Å²) in [5, 5.41) is 5.60. The van der Waals surface area contributed by atoms with Crippen LogP contribution in [0.1, 0.15) is 11.3 Å². The van der Waals surface area contributed by atoms with Crippen LogP contribution < -0.4 is 0 Å². The Balaban J connectivity index is 1.47. The average molecular weight is 436 g/mol. The molecule has 6 heteroatoms. The summed E-state index contributed by atoms with van der Waals surface area (Å²) in [6, 6.07) is 23.4. The second-order valence-electron chi connectivity index (χ2n) is 8.56. The number of hydrogen-bond donors (Lipinski definition) is 0. The molecule has 1 aliphatic heterocycles. The van der Waals surface area contributed by atoms with E-state index in [2.05, 4.69) is 69.6 Å². The van der Waals surface area contributed by atoms with Gasteiger partial charge < -0.3 is 4.74 Å². The maximum Gasteiger partial charge on any atom is 0.165 e. The molecule has 1 fully saturated rings. The third kappa shape index (κ3) is 3.88. The summed E-state index contributed by atoms with van der Waals surface area (Å²) in [7, 11) is 0. The van der Waals surface area contributed by atoms with Crippen LogP contribution in [0.3, 0.4) is 0 Å². The highest BCUT2D eigenvalue weighted by molar-refractivity contribution is 5.90. The largest absolute Gasteiger partial charge is 0.379 e. The Morgan fingerprint density at radius 1 is 0.909 bits per heavy atom. The third-order valence-electron chi connectivity index (χ3n) is 6.20. The van der Waals surface area contributed by atoms with E-state index >= 15 is 0 Å². The maximum absolute atomic E-state index is 5.48. The van der Waals surface area contributed by atoms with Crippen molar-refractivity contribution in [2.45, 2.75) is 13.5 Å². The van der Waals surface area contributed by atoms with Gasteiger partial charge in [0.05, 0.1) is 24.6 Å². The lowest BCUT2D eigenvalue weighted by Gasteiger charge is -2.26. The van der Waals surface area contributed by atoms with E-state index in [9.17, 15) is 0 Å². The van der Waals surface area contributed by atoms with Crippen LogP contribution in [0.25, 0.3) is 39.1 Å². The number of nitrogens with zero attached hydrogens (tertiary/aromatic N) is 5. The van der Waals surface area contributed by atoms with Crippen LogP contribution >= 0.6 is 0 Å². The van der Waals surface area contributed by atoms with Gasteiger partial charge in [-0.2, -0.15) is 9.61 Å². The SMILES string of the molecule is Cc1cc2ncc3cc(-c4ccccc4)c(-c4ccc(CN5CCOCC5)cc4)nc3n2n1. The first kappa shape index (κ1) is 20.0. The number of aromatic nitrogens is 4. The van der Waals surface area contributed by atoms with Gasteiger partial charge in [-0.1, -0.05) is 54.6 Å². The first-order valence-electron chi connectivity index (χ1n) is 11.4. The molecular formula is C27H25N5O. The Labute approximate surface area is 192 Å². The van der Waals surface area contributed by atoms with Crippen molar-refractivity contribution >= 4 is 16.7 Å². The van der Waals surface area contributed by atoms with Gasteiger partial charge in [-0.3, -0.25) is 4.90 Å². The van der Waals surface area contributed by atoms with Gasteiger partial charge in [-0.25, -0.2) is 9.97 Å². The molecule has 164 valence electrons. The first-order chi connectivity index (χ1) is 16.2. The van der Waals surface area contributed by atoms with E-state index in [0.29, 0.717) is 0 Å². The molecule has 0 spiro atoms. The Morgan fingerprint density at radius 2 is 1.70 bits per heavy atom. The second-order valence-corrected chi connectivity index (χ2v) is 8.56. The van der Waals surface area contributed by atoms with Crippen LogP contribution in [0.5, 0.6) is 0 Å². The number of ether oxygens (including phenoxy) is 1. The minimum absolute atomic E-state index is 0.812. The maximum atomic E-state index is 5.48.